The molecule has 168 valence electrons. The summed E-state index contributed by atoms with van der Waals surface area (Å²) in [5.74, 6) is -0.161. The number of aryl methyl sites for hydroxylation is 1. The lowest BCUT2D eigenvalue weighted by Gasteiger charge is -2.13. The number of hydrogen-bond donors (Lipinski definition) is 2. The van der Waals surface area contributed by atoms with E-state index in [4.69, 9.17) is 0 Å². The summed E-state index contributed by atoms with van der Waals surface area (Å²) in [6.07, 6.45) is 0.407. The van der Waals surface area contributed by atoms with E-state index in [1.54, 1.807) is 12.3 Å². The third-order valence-electron chi connectivity index (χ3n) is 4.54. The van der Waals surface area contributed by atoms with Gasteiger partial charge in [-0.25, -0.2) is 4.98 Å². The van der Waals surface area contributed by atoms with Crippen LogP contribution in [0, 0.1) is 6.92 Å². The number of rotatable bonds is 8. The van der Waals surface area contributed by atoms with Gasteiger partial charge in [0.15, 0.2) is 0 Å². The Morgan fingerprint density at radius 1 is 1.06 bits per heavy atom. The molecule has 2 N–H and O–H groups in total. The number of anilines is 2. The van der Waals surface area contributed by atoms with E-state index in [2.05, 4.69) is 32.3 Å². The summed E-state index contributed by atoms with van der Waals surface area (Å²) in [6, 6.07) is 10.4. The third-order valence-corrected chi connectivity index (χ3v) is 4.54. The van der Waals surface area contributed by atoms with Gasteiger partial charge < -0.3 is 15.4 Å². The zero-order chi connectivity index (χ0) is 23.1. The quantitative estimate of drug-likeness (QED) is 0.429. The standard InChI is InChI=1S/C23H23F3N4O2/c1-3-4-11-27-21-20(16-6-5-15(2)28-13-16)12-17(14-29-21)22(31)30-18-7-9-19(10-8-18)32-23(24,25)26/h5-10,12-14H,3-4,11H2,1-2H3,(H,27,29)(H,30,31). The molecule has 2 heterocycles. The SMILES string of the molecule is CCCCNc1ncc(C(=O)Nc2ccc(OC(F)(F)F)cc2)cc1-c1ccc(C)nc1. The minimum atomic E-state index is -4.77. The van der Waals surface area contributed by atoms with Gasteiger partial charge in [-0.1, -0.05) is 19.4 Å². The number of aromatic nitrogens is 2. The van der Waals surface area contributed by atoms with Crippen LogP contribution in [0.5, 0.6) is 5.75 Å². The normalized spacial score (nSPS) is 11.2. The number of pyridine rings is 2. The van der Waals surface area contributed by atoms with Crippen molar-refractivity contribution in [1.82, 2.24) is 9.97 Å². The molecular formula is C23H23F3N4O2. The van der Waals surface area contributed by atoms with Crippen molar-refractivity contribution in [2.24, 2.45) is 0 Å². The number of nitrogens with zero attached hydrogens (tertiary/aromatic N) is 2. The molecule has 32 heavy (non-hydrogen) atoms. The zero-order valence-electron chi connectivity index (χ0n) is 17.7. The fourth-order valence-corrected chi connectivity index (χ4v) is 2.90. The predicted molar refractivity (Wildman–Crippen MR) is 117 cm³/mol. The zero-order valence-corrected chi connectivity index (χ0v) is 17.7. The van der Waals surface area contributed by atoms with Crippen molar-refractivity contribution in [1.29, 1.82) is 0 Å². The molecular weight excluding hydrogens is 421 g/mol. The lowest BCUT2D eigenvalue weighted by Crippen LogP contribution is -2.17. The fraction of sp³-hybridized carbons (Fsp3) is 0.261. The first-order valence-electron chi connectivity index (χ1n) is 10.1. The fourth-order valence-electron chi connectivity index (χ4n) is 2.90. The Bertz CT molecular complexity index is 1050. The minimum absolute atomic E-state index is 0.303. The van der Waals surface area contributed by atoms with Crippen LogP contribution in [0.3, 0.4) is 0 Å². The van der Waals surface area contributed by atoms with E-state index in [0.717, 1.165) is 48.3 Å². The van der Waals surface area contributed by atoms with E-state index in [0.29, 0.717) is 17.1 Å². The Kier molecular flexibility index (Phi) is 7.29. The Labute approximate surface area is 183 Å². The lowest BCUT2D eigenvalue weighted by molar-refractivity contribution is -0.274. The molecule has 1 aromatic carbocycles. The van der Waals surface area contributed by atoms with Gasteiger partial charge in [0.25, 0.3) is 5.91 Å². The summed E-state index contributed by atoms with van der Waals surface area (Å²) in [4.78, 5) is 21.5. The lowest BCUT2D eigenvalue weighted by atomic mass is 10.1. The van der Waals surface area contributed by atoms with Crippen molar-refractivity contribution in [2.75, 3.05) is 17.2 Å². The monoisotopic (exact) mass is 444 g/mol. The number of carbonyl (C=O) groups is 1. The van der Waals surface area contributed by atoms with E-state index >= 15 is 0 Å². The molecule has 3 aromatic rings. The summed E-state index contributed by atoms with van der Waals surface area (Å²) in [7, 11) is 0. The number of carbonyl (C=O) groups excluding carboxylic acids is 1. The number of ether oxygens (including phenoxy) is 1. The molecule has 0 unspecified atom stereocenters. The van der Waals surface area contributed by atoms with Gasteiger partial charge in [0.1, 0.15) is 11.6 Å². The van der Waals surface area contributed by atoms with Crippen molar-refractivity contribution >= 4 is 17.4 Å². The number of unbranched alkanes of at least 4 members (excludes halogenated alkanes) is 1. The number of benzene rings is 1. The van der Waals surface area contributed by atoms with Crippen molar-refractivity contribution < 1.29 is 22.7 Å². The summed E-state index contributed by atoms with van der Waals surface area (Å²) in [6.45, 7) is 4.72. The van der Waals surface area contributed by atoms with E-state index in [1.165, 1.54) is 18.3 Å². The maximum atomic E-state index is 12.7. The smallest absolute Gasteiger partial charge is 0.406 e. The highest BCUT2D eigenvalue weighted by Crippen LogP contribution is 2.28. The maximum Gasteiger partial charge on any atom is 0.573 e. The average Bonchev–Trinajstić information content (AvgIpc) is 2.75. The molecule has 1 amide bonds. The number of halogens is 3. The molecule has 0 bridgehead atoms. The van der Waals surface area contributed by atoms with Crippen LogP contribution in [0.4, 0.5) is 24.7 Å². The summed E-state index contributed by atoms with van der Waals surface area (Å²) in [5.41, 5.74) is 3.04. The first-order valence-corrected chi connectivity index (χ1v) is 10.1. The van der Waals surface area contributed by atoms with Crippen molar-refractivity contribution in [3.05, 3.63) is 66.1 Å². The van der Waals surface area contributed by atoms with Crippen LogP contribution in [-0.4, -0.2) is 28.8 Å². The van der Waals surface area contributed by atoms with E-state index < -0.39 is 12.3 Å². The largest absolute Gasteiger partial charge is 0.573 e. The van der Waals surface area contributed by atoms with Crippen LogP contribution in [-0.2, 0) is 0 Å². The van der Waals surface area contributed by atoms with Crippen LogP contribution in [0.2, 0.25) is 0 Å². The Hall–Kier alpha value is -3.62. The predicted octanol–water partition coefficient (Wildman–Crippen LogP) is 5.81. The Morgan fingerprint density at radius 3 is 2.44 bits per heavy atom. The van der Waals surface area contributed by atoms with Gasteiger partial charge in [0.05, 0.1) is 5.56 Å². The van der Waals surface area contributed by atoms with Crippen LogP contribution in [0.1, 0.15) is 35.8 Å². The van der Waals surface area contributed by atoms with Crippen LogP contribution in [0.15, 0.2) is 54.9 Å². The van der Waals surface area contributed by atoms with Crippen molar-refractivity contribution in [3.63, 3.8) is 0 Å². The van der Waals surface area contributed by atoms with Gasteiger partial charge in [0.2, 0.25) is 0 Å². The molecule has 6 nitrogen and oxygen atoms in total. The first-order chi connectivity index (χ1) is 15.2. The molecule has 0 fully saturated rings. The van der Waals surface area contributed by atoms with Gasteiger partial charge in [-0.05, 0) is 49.7 Å². The second kappa shape index (κ2) is 10.1. The van der Waals surface area contributed by atoms with E-state index in [1.807, 2.05) is 19.1 Å². The molecule has 0 spiro atoms. The molecule has 0 saturated heterocycles. The van der Waals surface area contributed by atoms with Crippen LogP contribution >= 0.6 is 0 Å². The molecule has 2 aromatic heterocycles. The molecule has 0 aliphatic rings. The summed E-state index contributed by atoms with van der Waals surface area (Å²) in [5, 5.41) is 5.95. The van der Waals surface area contributed by atoms with Crippen LogP contribution in [0.25, 0.3) is 11.1 Å². The highest BCUT2D eigenvalue weighted by molar-refractivity contribution is 6.05. The molecule has 0 atom stereocenters. The van der Waals surface area contributed by atoms with Gasteiger partial charge in [-0.15, -0.1) is 13.2 Å². The second-order valence-corrected chi connectivity index (χ2v) is 7.12. The molecule has 9 heteroatoms. The molecule has 0 radical (unpaired) electrons. The summed E-state index contributed by atoms with van der Waals surface area (Å²) >= 11 is 0. The average molecular weight is 444 g/mol. The number of hydrogen-bond acceptors (Lipinski definition) is 5. The van der Waals surface area contributed by atoms with Crippen molar-refractivity contribution in [3.8, 4) is 16.9 Å². The number of amides is 1. The highest BCUT2D eigenvalue weighted by Gasteiger charge is 2.31. The minimum Gasteiger partial charge on any atom is -0.406 e. The molecule has 0 aliphatic carbocycles. The van der Waals surface area contributed by atoms with Gasteiger partial charge in [0, 0.05) is 41.4 Å². The third kappa shape index (κ3) is 6.44. The molecule has 0 aliphatic heterocycles. The maximum absolute atomic E-state index is 12.7. The Balaban J connectivity index is 1.81. The van der Waals surface area contributed by atoms with Crippen LogP contribution < -0.4 is 15.4 Å². The van der Waals surface area contributed by atoms with Gasteiger partial charge in [-0.3, -0.25) is 9.78 Å². The summed E-state index contributed by atoms with van der Waals surface area (Å²) < 4.78 is 40.7. The number of nitrogens with one attached hydrogen (secondary N) is 2. The molecule has 0 saturated carbocycles. The second-order valence-electron chi connectivity index (χ2n) is 7.12. The van der Waals surface area contributed by atoms with Crippen molar-refractivity contribution in [2.45, 2.75) is 33.1 Å². The molecule has 3 rings (SSSR count). The van der Waals surface area contributed by atoms with E-state index in [9.17, 15) is 18.0 Å². The Morgan fingerprint density at radius 2 is 1.81 bits per heavy atom. The first kappa shape index (κ1) is 23.1. The van der Waals surface area contributed by atoms with E-state index in [-0.39, 0.29) is 5.75 Å². The topological polar surface area (TPSA) is 76.1 Å². The highest BCUT2D eigenvalue weighted by atomic mass is 19.4. The van der Waals surface area contributed by atoms with Gasteiger partial charge >= 0.3 is 6.36 Å². The number of alkyl halides is 3. The van der Waals surface area contributed by atoms with Gasteiger partial charge in [-0.2, -0.15) is 0 Å².